The van der Waals surface area contributed by atoms with Crippen LogP contribution in [0.3, 0.4) is 0 Å². The smallest absolute Gasteiger partial charge is 0.157 e. The van der Waals surface area contributed by atoms with Crippen LogP contribution in [0.2, 0.25) is 0 Å². The minimum atomic E-state index is 0.140. The van der Waals surface area contributed by atoms with E-state index in [0.29, 0.717) is 5.25 Å². The van der Waals surface area contributed by atoms with Crippen molar-refractivity contribution in [3.05, 3.63) is 12.2 Å². The van der Waals surface area contributed by atoms with Gasteiger partial charge < -0.3 is 9.88 Å². The van der Waals surface area contributed by atoms with Gasteiger partial charge in [-0.2, -0.15) is 0 Å². The van der Waals surface area contributed by atoms with Crippen molar-refractivity contribution >= 4 is 16.9 Å². The number of hydrogen-bond donors (Lipinski definition) is 1. The molecule has 1 aliphatic rings. The summed E-state index contributed by atoms with van der Waals surface area (Å²) in [6.45, 7) is 7.53. The van der Waals surface area contributed by atoms with Crippen molar-refractivity contribution in [3.8, 4) is 0 Å². The molecule has 2 atom stereocenters. The van der Waals surface area contributed by atoms with Gasteiger partial charge in [-0.25, -0.2) is 0 Å². The van der Waals surface area contributed by atoms with E-state index in [2.05, 4.69) is 41.3 Å². The molecule has 2 heterocycles. The van der Waals surface area contributed by atoms with Crippen molar-refractivity contribution in [3.63, 3.8) is 0 Å². The third-order valence-electron chi connectivity index (χ3n) is 2.92. The Labute approximate surface area is 112 Å². The Bertz CT molecular complexity index is 426. The minimum absolute atomic E-state index is 0.140. The van der Waals surface area contributed by atoms with Gasteiger partial charge in [0.25, 0.3) is 0 Å². The molecule has 1 aliphatic heterocycles. The van der Waals surface area contributed by atoms with Gasteiger partial charge in [0, 0.05) is 12.3 Å². The lowest BCUT2D eigenvalue weighted by Gasteiger charge is -2.15. The lowest BCUT2D eigenvalue weighted by molar-refractivity contribution is 0.575. The number of rotatable bonds is 4. The van der Waals surface area contributed by atoms with Crippen LogP contribution in [-0.2, 0) is 7.05 Å². The van der Waals surface area contributed by atoms with Gasteiger partial charge in [0.1, 0.15) is 6.33 Å². The number of nitrogens with zero attached hydrogens (tertiary/aromatic N) is 4. The average Bonchev–Trinajstić information content (AvgIpc) is 2.87. The SMILES string of the molecule is CC(C)CC1CN=C(NC(C)c2nncn2C)S1. The summed E-state index contributed by atoms with van der Waals surface area (Å²) in [5.74, 6) is 1.67. The fourth-order valence-electron chi connectivity index (χ4n) is 2.08. The molecular formula is C12H21N5S. The zero-order valence-corrected chi connectivity index (χ0v) is 12.2. The second kappa shape index (κ2) is 5.73. The summed E-state index contributed by atoms with van der Waals surface area (Å²) in [5, 5.41) is 13.1. The Morgan fingerprint density at radius 3 is 2.89 bits per heavy atom. The molecule has 1 N–H and O–H groups in total. The van der Waals surface area contributed by atoms with Gasteiger partial charge in [0.2, 0.25) is 0 Å². The highest BCUT2D eigenvalue weighted by atomic mass is 32.2. The third-order valence-corrected chi connectivity index (χ3v) is 4.07. The highest BCUT2D eigenvalue weighted by Crippen LogP contribution is 2.26. The van der Waals surface area contributed by atoms with Crippen LogP contribution in [0.4, 0.5) is 0 Å². The number of aliphatic imine (C=N–C) groups is 1. The molecule has 0 saturated heterocycles. The van der Waals surface area contributed by atoms with E-state index >= 15 is 0 Å². The van der Waals surface area contributed by atoms with E-state index in [9.17, 15) is 0 Å². The lowest BCUT2D eigenvalue weighted by Crippen LogP contribution is -2.25. The van der Waals surface area contributed by atoms with Crippen LogP contribution in [0.1, 0.15) is 39.1 Å². The summed E-state index contributed by atoms with van der Waals surface area (Å²) >= 11 is 1.85. The molecule has 0 radical (unpaired) electrons. The number of amidine groups is 1. The van der Waals surface area contributed by atoms with Crippen LogP contribution < -0.4 is 5.32 Å². The van der Waals surface area contributed by atoms with Crippen LogP contribution in [0.25, 0.3) is 0 Å². The van der Waals surface area contributed by atoms with E-state index in [1.807, 2.05) is 23.4 Å². The van der Waals surface area contributed by atoms with E-state index in [-0.39, 0.29) is 6.04 Å². The molecule has 1 aromatic rings. The van der Waals surface area contributed by atoms with Crippen LogP contribution in [0.15, 0.2) is 11.3 Å². The molecule has 0 amide bonds. The van der Waals surface area contributed by atoms with E-state index in [0.717, 1.165) is 23.5 Å². The highest BCUT2D eigenvalue weighted by Gasteiger charge is 2.22. The summed E-state index contributed by atoms with van der Waals surface area (Å²) in [6, 6.07) is 0.140. The fraction of sp³-hybridized carbons (Fsp3) is 0.750. The number of nitrogens with one attached hydrogen (secondary N) is 1. The quantitative estimate of drug-likeness (QED) is 0.906. The van der Waals surface area contributed by atoms with E-state index in [1.165, 1.54) is 6.42 Å². The largest absolute Gasteiger partial charge is 0.355 e. The molecule has 0 fully saturated rings. The Morgan fingerprint density at radius 1 is 1.50 bits per heavy atom. The van der Waals surface area contributed by atoms with Crippen molar-refractivity contribution in [1.29, 1.82) is 0 Å². The van der Waals surface area contributed by atoms with Crippen molar-refractivity contribution < 1.29 is 0 Å². The second-order valence-electron chi connectivity index (χ2n) is 5.18. The monoisotopic (exact) mass is 267 g/mol. The Kier molecular flexibility index (Phi) is 4.27. The van der Waals surface area contributed by atoms with Crippen LogP contribution in [0.5, 0.6) is 0 Å². The normalized spacial score (nSPS) is 21.2. The molecule has 5 nitrogen and oxygen atoms in total. The van der Waals surface area contributed by atoms with Gasteiger partial charge in [-0.05, 0) is 19.3 Å². The topological polar surface area (TPSA) is 55.1 Å². The van der Waals surface area contributed by atoms with Gasteiger partial charge in [-0.15, -0.1) is 10.2 Å². The van der Waals surface area contributed by atoms with E-state index in [4.69, 9.17) is 0 Å². The van der Waals surface area contributed by atoms with E-state index < -0.39 is 0 Å². The first-order valence-electron chi connectivity index (χ1n) is 6.37. The van der Waals surface area contributed by atoms with Crippen molar-refractivity contribution in [2.45, 2.75) is 38.5 Å². The maximum atomic E-state index is 4.56. The number of aryl methyl sites for hydroxylation is 1. The molecule has 0 saturated carbocycles. The minimum Gasteiger partial charge on any atom is -0.355 e. The van der Waals surface area contributed by atoms with Gasteiger partial charge >= 0.3 is 0 Å². The molecule has 18 heavy (non-hydrogen) atoms. The van der Waals surface area contributed by atoms with Crippen LogP contribution in [-0.4, -0.2) is 31.7 Å². The first-order chi connectivity index (χ1) is 8.56. The predicted molar refractivity (Wildman–Crippen MR) is 75.7 cm³/mol. The summed E-state index contributed by atoms with van der Waals surface area (Å²) in [5.41, 5.74) is 0. The maximum Gasteiger partial charge on any atom is 0.157 e. The zero-order valence-electron chi connectivity index (χ0n) is 11.4. The molecule has 0 spiro atoms. The maximum absolute atomic E-state index is 4.56. The van der Waals surface area contributed by atoms with Gasteiger partial charge in [0.05, 0.1) is 12.6 Å². The summed E-state index contributed by atoms with van der Waals surface area (Å²) in [7, 11) is 1.96. The Morgan fingerprint density at radius 2 is 2.28 bits per heavy atom. The van der Waals surface area contributed by atoms with Crippen LogP contribution in [0, 0.1) is 5.92 Å². The molecule has 2 unspecified atom stereocenters. The summed E-state index contributed by atoms with van der Waals surface area (Å²) < 4.78 is 1.93. The molecule has 2 rings (SSSR count). The molecular weight excluding hydrogens is 246 g/mol. The Hall–Kier alpha value is -1.04. The van der Waals surface area contributed by atoms with Gasteiger partial charge in [-0.1, -0.05) is 25.6 Å². The molecule has 0 aliphatic carbocycles. The first-order valence-corrected chi connectivity index (χ1v) is 7.25. The van der Waals surface area contributed by atoms with Gasteiger partial charge in [-0.3, -0.25) is 4.99 Å². The summed E-state index contributed by atoms with van der Waals surface area (Å²) in [4.78, 5) is 4.56. The number of aromatic nitrogens is 3. The molecule has 6 heteroatoms. The Balaban J connectivity index is 1.86. The second-order valence-corrected chi connectivity index (χ2v) is 6.47. The van der Waals surface area contributed by atoms with Crippen molar-refractivity contribution in [2.24, 2.45) is 18.0 Å². The number of thioether (sulfide) groups is 1. The highest BCUT2D eigenvalue weighted by molar-refractivity contribution is 8.14. The zero-order chi connectivity index (χ0) is 13.1. The lowest BCUT2D eigenvalue weighted by atomic mass is 10.1. The van der Waals surface area contributed by atoms with E-state index in [1.54, 1.807) is 6.33 Å². The molecule has 100 valence electrons. The molecule has 0 aromatic carbocycles. The van der Waals surface area contributed by atoms with Crippen LogP contribution >= 0.6 is 11.8 Å². The molecule has 0 bridgehead atoms. The third kappa shape index (κ3) is 3.25. The summed E-state index contributed by atoms with van der Waals surface area (Å²) in [6.07, 6.45) is 2.94. The average molecular weight is 267 g/mol. The van der Waals surface area contributed by atoms with Crippen molar-refractivity contribution in [2.75, 3.05) is 6.54 Å². The van der Waals surface area contributed by atoms with Gasteiger partial charge in [0.15, 0.2) is 11.0 Å². The standard InChI is InChI=1S/C12H21N5S/c1-8(2)5-10-6-13-12(18-10)15-9(3)11-16-14-7-17(11)4/h7-10H,5-6H2,1-4H3,(H,13,15). The van der Waals surface area contributed by atoms with Crippen molar-refractivity contribution in [1.82, 2.24) is 20.1 Å². The molecule has 1 aromatic heterocycles. The first kappa shape index (κ1) is 13.4. The number of hydrogen-bond acceptors (Lipinski definition) is 5. The predicted octanol–water partition coefficient (Wildman–Crippen LogP) is 1.98. The fourth-order valence-corrected chi connectivity index (χ4v) is 3.42.